The molecule has 0 rings (SSSR count). The molecule has 0 N–H and O–H groups in total. The van der Waals surface area contributed by atoms with Crippen molar-refractivity contribution in [2.24, 2.45) is 0 Å². The quantitative estimate of drug-likeness (QED) is 0.353. The van der Waals surface area contributed by atoms with Gasteiger partial charge in [0.05, 0.1) is 0 Å². The second kappa shape index (κ2) is 15.9. The molecule has 27 valence electrons. The van der Waals surface area contributed by atoms with Crippen molar-refractivity contribution in [3.63, 3.8) is 0 Å². The minimum atomic E-state index is 0. The molecule has 0 aliphatic rings. The Hall–Kier alpha value is 3.72. The third kappa shape index (κ3) is 9.21. The van der Waals surface area contributed by atoms with E-state index in [0.29, 0.717) is 0 Å². The Balaban J connectivity index is 0. The zero-order valence-corrected chi connectivity index (χ0v) is 15.6. The van der Waals surface area contributed by atoms with Gasteiger partial charge in [0.15, 0.2) is 0 Å². The molecule has 0 saturated heterocycles. The van der Waals surface area contributed by atoms with Crippen LogP contribution in [0.5, 0.6) is 0 Å². The average Bonchev–Trinajstić information content (AvgIpc) is 0. The number of hydrogen-bond donors (Lipinski definition) is 0. The van der Waals surface area contributed by atoms with Crippen LogP contribution in [0.15, 0.2) is 0 Å². The molecule has 0 aromatic rings. The molecule has 5 radical (unpaired) electrons. The van der Waals surface area contributed by atoms with Gasteiger partial charge in [0.2, 0.25) is 0 Å². The van der Waals surface area contributed by atoms with Crippen molar-refractivity contribution >= 4 is 88.9 Å². The van der Waals surface area contributed by atoms with Crippen LogP contribution in [-0.4, -0.2) is 88.9 Å². The molecule has 0 fully saturated rings. The van der Waals surface area contributed by atoms with Gasteiger partial charge in [-0.15, -0.1) is 0 Å². The summed E-state index contributed by atoms with van der Waals surface area (Å²) >= 11 is 0. The normalized spacial score (nSPS) is 0. The van der Waals surface area contributed by atoms with E-state index in [4.69, 9.17) is 0 Å². The van der Waals surface area contributed by atoms with Crippen molar-refractivity contribution in [3.8, 4) is 0 Å². The van der Waals surface area contributed by atoms with Crippen molar-refractivity contribution < 1.29 is 25.2 Å². The predicted molar refractivity (Wildman–Crippen MR) is 25.1 cm³/mol. The van der Waals surface area contributed by atoms with E-state index in [-0.39, 0.29) is 114 Å². The van der Waals surface area contributed by atoms with E-state index in [2.05, 4.69) is 0 Å². The molecule has 4 heavy (non-hydrogen) atoms. The molecule has 0 aromatic heterocycles. The first kappa shape index (κ1) is 25.2. The molecule has 0 bridgehead atoms. The molecule has 0 unspecified atom stereocenters. The summed E-state index contributed by atoms with van der Waals surface area (Å²) in [4.78, 5) is 0. The maximum atomic E-state index is 0. The van der Waals surface area contributed by atoms with E-state index >= 15 is 0 Å². The van der Waals surface area contributed by atoms with E-state index in [1.54, 1.807) is 0 Å². The van der Waals surface area contributed by atoms with Crippen LogP contribution in [0.25, 0.3) is 0 Å². The van der Waals surface area contributed by atoms with Gasteiger partial charge in [-0.25, -0.2) is 0 Å². The Morgan fingerprint density at radius 3 is 1.25 bits per heavy atom. The van der Waals surface area contributed by atoms with Crippen LogP contribution in [0, 0.1) is 0 Å². The van der Waals surface area contributed by atoms with E-state index in [1.807, 2.05) is 0 Å². The molecule has 0 aliphatic heterocycles. The standard InChI is InChI=1S/Ag.Ca.Pb.Sn.6H/q;+2;;;;;;;2*-1. The summed E-state index contributed by atoms with van der Waals surface area (Å²) in [5, 5.41) is 0. The van der Waals surface area contributed by atoms with Crippen LogP contribution in [0.4, 0.5) is 0 Å². The van der Waals surface area contributed by atoms with Gasteiger partial charge in [0, 0.05) is 22.4 Å². The molecule has 0 spiro atoms. The zero-order chi connectivity index (χ0) is 0. The molecule has 0 amide bonds. The third-order valence-corrected chi connectivity index (χ3v) is 0. The molecule has 4 heteroatoms. The minimum absolute atomic E-state index is 0. The molecule has 0 aromatic carbocycles. The van der Waals surface area contributed by atoms with Crippen LogP contribution in [0.2, 0.25) is 0 Å². The topological polar surface area (TPSA) is 0 Å². The Kier molecular flexibility index (Phi) is 100. The van der Waals surface area contributed by atoms with Gasteiger partial charge in [0.1, 0.15) is 0 Å². The molecule has 0 atom stereocenters. The average molecular weight is 480 g/mol. The monoisotopic (exact) mass is 481 g/mol. The van der Waals surface area contributed by atoms with Crippen molar-refractivity contribution in [2.45, 2.75) is 0 Å². The van der Waals surface area contributed by atoms with E-state index in [1.165, 1.54) is 0 Å². The summed E-state index contributed by atoms with van der Waals surface area (Å²) in [5.41, 5.74) is 0. The van der Waals surface area contributed by atoms with Gasteiger partial charge in [-0.05, 0) is 0 Å². The first-order chi connectivity index (χ1) is 0. The van der Waals surface area contributed by atoms with Crippen LogP contribution in [0.3, 0.4) is 0 Å². The fourth-order valence-electron chi connectivity index (χ4n) is 0. The number of hydrogen-bond acceptors (Lipinski definition) is 0. The van der Waals surface area contributed by atoms with Crippen molar-refractivity contribution in [1.29, 1.82) is 0 Å². The maximum absolute atomic E-state index is 0. The van der Waals surface area contributed by atoms with Crippen molar-refractivity contribution in [3.05, 3.63) is 0 Å². The summed E-state index contributed by atoms with van der Waals surface area (Å²) in [6, 6.07) is 0. The molecule has 0 heterocycles. The molecule has 0 saturated carbocycles. The Morgan fingerprint density at radius 1 is 1.25 bits per heavy atom. The summed E-state index contributed by atoms with van der Waals surface area (Å²) in [5.74, 6) is 0. The van der Waals surface area contributed by atoms with Crippen molar-refractivity contribution in [1.82, 2.24) is 0 Å². The van der Waals surface area contributed by atoms with E-state index < -0.39 is 0 Å². The first-order valence-electron chi connectivity index (χ1n) is 0. The third-order valence-electron chi connectivity index (χ3n) is 0. The van der Waals surface area contributed by atoms with Crippen molar-refractivity contribution in [2.75, 3.05) is 0 Å². The second-order valence-corrected chi connectivity index (χ2v) is 0. The summed E-state index contributed by atoms with van der Waals surface area (Å²) < 4.78 is 0. The Morgan fingerprint density at radius 2 is 1.25 bits per heavy atom. The Bertz CT molecular complexity index is 13.5. The summed E-state index contributed by atoms with van der Waals surface area (Å²) in [6.07, 6.45) is 0. The first-order valence-corrected chi connectivity index (χ1v) is 0. The van der Waals surface area contributed by atoms with Crippen LogP contribution < -0.4 is 0 Å². The SMILES string of the molecule is [Ag].[Ca+2].[H-].[H-].[PbH2].[SnH2]. The van der Waals surface area contributed by atoms with Gasteiger partial charge in [-0.1, -0.05) is 0 Å². The van der Waals surface area contributed by atoms with Crippen LogP contribution >= 0.6 is 0 Å². The fourth-order valence-corrected chi connectivity index (χ4v) is 0. The molecule has 0 aliphatic carbocycles. The molecular formula is H6AgCaPbSn. The fraction of sp³-hybridized carbons (Fsp3) is 0. The van der Waals surface area contributed by atoms with E-state index in [0.717, 1.165) is 0 Å². The van der Waals surface area contributed by atoms with Gasteiger partial charge in [0.25, 0.3) is 0 Å². The number of rotatable bonds is 0. The molecular weight excluding hydrogens is 474 g/mol. The van der Waals surface area contributed by atoms with Gasteiger partial charge < -0.3 is 2.85 Å². The Labute approximate surface area is 111 Å². The van der Waals surface area contributed by atoms with E-state index in [9.17, 15) is 0 Å². The van der Waals surface area contributed by atoms with Gasteiger partial charge >= 0.3 is 88.9 Å². The summed E-state index contributed by atoms with van der Waals surface area (Å²) in [7, 11) is 0. The second-order valence-electron chi connectivity index (χ2n) is 0. The zero-order valence-electron chi connectivity index (χ0n) is 4.42. The van der Waals surface area contributed by atoms with Crippen LogP contribution in [0.1, 0.15) is 2.85 Å². The summed E-state index contributed by atoms with van der Waals surface area (Å²) in [6.45, 7) is 0. The predicted octanol–water partition coefficient (Wildman–Crippen LogP) is -1.99. The van der Waals surface area contributed by atoms with Crippen LogP contribution in [-0.2, 0) is 22.4 Å². The van der Waals surface area contributed by atoms with Gasteiger partial charge in [-0.3, -0.25) is 0 Å². The molecule has 0 nitrogen and oxygen atoms in total. The van der Waals surface area contributed by atoms with Gasteiger partial charge in [-0.2, -0.15) is 0 Å².